The number of carbonyl (C=O) groups is 2. The number of unbranched alkanes of at least 4 members (excludes halogenated alkanes) is 13. The largest absolute Gasteiger partial charge is 0.492 e. The molecule has 0 unspecified atom stereocenters. The summed E-state index contributed by atoms with van der Waals surface area (Å²) in [6.07, 6.45) is 18.3. The van der Waals surface area contributed by atoms with E-state index < -0.39 is 11.9 Å². The van der Waals surface area contributed by atoms with Crippen molar-refractivity contribution < 1.29 is 24.5 Å². The van der Waals surface area contributed by atoms with Crippen molar-refractivity contribution in [2.24, 2.45) is 0 Å². The van der Waals surface area contributed by atoms with E-state index in [-0.39, 0.29) is 6.42 Å². The minimum absolute atomic E-state index is 0.216. The van der Waals surface area contributed by atoms with Gasteiger partial charge in [-0.3, -0.25) is 9.59 Å². The van der Waals surface area contributed by atoms with Gasteiger partial charge in [0.25, 0.3) is 0 Å². The molecule has 0 saturated heterocycles. The van der Waals surface area contributed by atoms with Crippen molar-refractivity contribution in [1.29, 1.82) is 0 Å². The van der Waals surface area contributed by atoms with E-state index in [4.69, 9.17) is 14.9 Å². The Bertz CT molecular complexity index is 635. The first-order valence-electron chi connectivity index (χ1n) is 12.9. The number of aliphatic carboxylic acids is 2. The van der Waals surface area contributed by atoms with Crippen LogP contribution in [0, 0.1) is 0 Å². The van der Waals surface area contributed by atoms with Crippen molar-refractivity contribution in [3.63, 3.8) is 0 Å². The summed E-state index contributed by atoms with van der Waals surface area (Å²) in [6.45, 7) is 0.739. The molecule has 2 N–H and O–H groups in total. The lowest BCUT2D eigenvalue weighted by molar-refractivity contribution is -0.138. The molecule has 0 heterocycles. The molecule has 0 bridgehead atoms. The summed E-state index contributed by atoms with van der Waals surface area (Å²) in [5.41, 5.74) is 0. The highest BCUT2D eigenvalue weighted by atomic mass is 32.2. The molecule has 0 spiro atoms. The summed E-state index contributed by atoms with van der Waals surface area (Å²) >= 11 is 1.67. The Kier molecular flexibility index (Phi) is 18.6. The maximum atomic E-state index is 10.6. The second-order valence-electron chi connectivity index (χ2n) is 8.73. The summed E-state index contributed by atoms with van der Waals surface area (Å²) in [4.78, 5) is 22.2. The SMILES string of the molecule is O=C(O)CCCCCCCCCCCCCCCCOc1ccccc1SCCCC(=O)O. The Morgan fingerprint density at radius 1 is 0.636 bits per heavy atom. The molecule has 1 rings (SSSR count). The molecule has 0 atom stereocenters. The van der Waals surface area contributed by atoms with E-state index in [0.29, 0.717) is 12.8 Å². The zero-order valence-electron chi connectivity index (χ0n) is 20.3. The van der Waals surface area contributed by atoms with Gasteiger partial charge in [0.2, 0.25) is 0 Å². The van der Waals surface area contributed by atoms with Gasteiger partial charge in [-0.25, -0.2) is 0 Å². The second kappa shape index (κ2) is 20.9. The lowest BCUT2D eigenvalue weighted by atomic mass is 10.0. The van der Waals surface area contributed by atoms with Crippen LogP contribution in [0.1, 0.15) is 109 Å². The van der Waals surface area contributed by atoms with Gasteiger partial charge in [0, 0.05) is 17.7 Å². The summed E-state index contributed by atoms with van der Waals surface area (Å²) in [7, 11) is 0. The molecule has 0 amide bonds. The normalized spacial score (nSPS) is 10.9. The van der Waals surface area contributed by atoms with Crippen LogP contribution in [0.3, 0.4) is 0 Å². The highest BCUT2D eigenvalue weighted by Gasteiger charge is 2.05. The van der Waals surface area contributed by atoms with Crippen LogP contribution in [0.15, 0.2) is 29.2 Å². The van der Waals surface area contributed by atoms with E-state index >= 15 is 0 Å². The first kappa shape index (κ1) is 29.3. The Morgan fingerprint density at radius 3 is 1.64 bits per heavy atom. The maximum absolute atomic E-state index is 10.6. The molecule has 0 aromatic heterocycles. The molecule has 0 aliphatic rings. The van der Waals surface area contributed by atoms with Crippen LogP contribution in [0.2, 0.25) is 0 Å². The van der Waals surface area contributed by atoms with Crippen molar-refractivity contribution in [3.8, 4) is 5.75 Å². The number of hydrogen-bond acceptors (Lipinski definition) is 4. The minimum Gasteiger partial charge on any atom is -0.492 e. The minimum atomic E-state index is -0.738. The number of rotatable bonds is 23. The molecular formula is C27H44O5S. The number of para-hydroxylation sites is 1. The van der Waals surface area contributed by atoms with E-state index in [1.54, 1.807) is 11.8 Å². The average Bonchev–Trinajstić information content (AvgIpc) is 2.79. The Morgan fingerprint density at radius 2 is 1.09 bits per heavy atom. The first-order chi connectivity index (χ1) is 16.1. The van der Waals surface area contributed by atoms with Gasteiger partial charge in [-0.1, -0.05) is 89.2 Å². The molecule has 188 valence electrons. The van der Waals surface area contributed by atoms with E-state index in [2.05, 4.69) is 0 Å². The fraction of sp³-hybridized carbons (Fsp3) is 0.704. The zero-order valence-corrected chi connectivity index (χ0v) is 21.1. The maximum Gasteiger partial charge on any atom is 0.303 e. The van der Waals surface area contributed by atoms with E-state index in [9.17, 15) is 9.59 Å². The van der Waals surface area contributed by atoms with Gasteiger partial charge in [0.05, 0.1) is 6.61 Å². The quantitative estimate of drug-likeness (QED) is 0.122. The Balaban J connectivity index is 1.90. The monoisotopic (exact) mass is 480 g/mol. The summed E-state index contributed by atoms with van der Waals surface area (Å²) in [5.74, 6) is 0.296. The molecule has 0 fully saturated rings. The highest BCUT2D eigenvalue weighted by Crippen LogP contribution is 2.30. The first-order valence-corrected chi connectivity index (χ1v) is 13.9. The Hall–Kier alpha value is -1.69. The van der Waals surface area contributed by atoms with Crippen LogP contribution in [-0.4, -0.2) is 34.5 Å². The third-order valence-electron chi connectivity index (χ3n) is 5.68. The van der Waals surface area contributed by atoms with Crippen molar-refractivity contribution in [1.82, 2.24) is 0 Å². The fourth-order valence-electron chi connectivity index (χ4n) is 3.78. The highest BCUT2D eigenvalue weighted by molar-refractivity contribution is 7.99. The van der Waals surface area contributed by atoms with Crippen LogP contribution >= 0.6 is 11.8 Å². The molecule has 33 heavy (non-hydrogen) atoms. The third-order valence-corrected chi connectivity index (χ3v) is 6.83. The zero-order chi connectivity index (χ0) is 24.0. The molecule has 1 aromatic rings. The summed E-state index contributed by atoms with van der Waals surface area (Å²) in [5, 5.41) is 17.3. The Labute approximate surface area is 204 Å². The van der Waals surface area contributed by atoms with Gasteiger partial charge >= 0.3 is 11.9 Å². The van der Waals surface area contributed by atoms with Gasteiger partial charge in [-0.05, 0) is 37.1 Å². The molecule has 0 radical (unpaired) electrons. The van der Waals surface area contributed by atoms with E-state index in [1.165, 1.54) is 70.6 Å². The van der Waals surface area contributed by atoms with Crippen LogP contribution in [0.4, 0.5) is 0 Å². The van der Waals surface area contributed by atoms with Crippen molar-refractivity contribution in [2.75, 3.05) is 12.4 Å². The molecule has 1 aromatic carbocycles. The summed E-state index contributed by atoms with van der Waals surface area (Å²) < 4.78 is 5.98. The van der Waals surface area contributed by atoms with E-state index in [1.807, 2.05) is 24.3 Å². The second-order valence-corrected chi connectivity index (χ2v) is 9.87. The lowest BCUT2D eigenvalue weighted by Crippen LogP contribution is -1.99. The van der Waals surface area contributed by atoms with Gasteiger partial charge in [0.1, 0.15) is 5.75 Å². The number of thioether (sulfide) groups is 1. The molecule has 0 aliphatic heterocycles. The smallest absolute Gasteiger partial charge is 0.303 e. The predicted molar refractivity (Wildman–Crippen MR) is 136 cm³/mol. The van der Waals surface area contributed by atoms with Gasteiger partial charge in [-0.2, -0.15) is 0 Å². The molecule has 6 heteroatoms. The number of hydrogen-bond donors (Lipinski definition) is 2. The van der Waals surface area contributed by atoms with Crippen molar-refractivity contribution in [2.45, 2.75) is 114 Å². The topological polar surface area (TPSA) is 83.8 Å². The summed E-state index contributed by atoms with van der Waals surface area (Å²) in [6, 6.07) is 8.03. The molecule has 0 aliphatic carbocycles. The fourth-order valence-corrected chi connectivity index (χ4v) is 4.73. The van der Waals surface area contributed by atoms with Crippen LogP contribution < -0.4 is 4.74 Å². The standard InChI is InChI=1S/C27H44O5S/c28-26(29)20-13-11-9-7-5-3-1-2-4-6-8-10-12-16-22-32-24-18-14-15-19-25(24)33-23-17-21-27(30)31/h14-15,18-19H,1-13,16-17,20-23H2,(H,28,29)(H,30,31). The third kappa shape index (κ3) is 18.4. The number of ether oxygens (including phenoxy) is 1. The average molecular weight is 481 g/mol. The van der Waals surface area contributed by atoms with Crippen LogP contribution in [0.5, 0.6) is 5.75 Å². The van der Waals surface area contributed by atoms with Gasteiger partial charge in [0.15, 0.2) is 0 Å². The molecule has 5 nitrogen and oxygen atoms in total. The van der Waals surface area contributed by atoms with Crippen molar-refractivity contribution >= 4 is 23.7 Å². The predicted octanol–water partition coefficient (Wildman–Crippen LogP) is 7.96. The number of carboxylic acid groups (broad SMARTS) is 2. The van der Waals surface area contributed by atoms with Crippen LogP contribution in [-0.2, 0) is 9.59 Å². The molecular weight excluding hydrogens is 436 g/mol. The molecule has 0 saturated carbocycles. The van der Waals surface area contributed by atoms with Gasteiger partial charge < -0.3 is 14.9 Å². The van der Waals surface area contributed by atoms with E-state index in [0.717, 1.165) is 42.3 Å². The lowest BCUT2D eigenvalue weighted by Gasteiger charge is -2.11. The van der Waals surface area contributed by atoms with Crippen LogP contribution in [0.25, 0.3) is 0 Å². The van der Waals surface area contributed by atoms with Crippen molar-refractivity contribution in [3.05, 3.63) is 24.3 Å². The number of benzene rings is 1. The number of carboxylic acids is 2. The van der Waals surface area contributed by atoms with Gasteiger partial charge in [-0.15, -0.1) is 11.8 Å².